The summed E-state index contributed by atoms with van der Waals surface area (Å²) in [6, 6.07) is 3.74. The monoisotopic (exact) mass is 388 g/mol. The molecular weight excluding hydrogens is 363 g/mol. The predicted molar refractivity (Wildman–Crippen MR) is 101 cm³/mol. The second-order valence-electron chi connectivity index (χ2n) is 6.42. The smallest absolute Gasteiger partial charge is 0.253 e. The summed E-state index contributed by atoms with van der Waals surface area (Å²) < 4.78 is 0. The van der Waals surface area contributed by atoms with Gasteiger partial charge in [0.25, 0.3) is 5.91 Å². The molecule has 0 saturated carbocycles. The van der Waals surface area contributed by atoms with Gasteiger partial charge in [0, 0.05) is 50.7 Å². The number of hydrogen-bond donors (Lipinski definition) is 1. The number of rotatable bonds is 3. The van der Waals surface area contributed by atoms with Crippen LogP contribution in [-0.4, -0.2) is 65.9 Å². The Bertz CT molecular complexity index is 567. The molecule has 0 bridgehead atoms. The fraction of sp³-hybridized carbons (Fsp3) is 0.588. The van der Waals surface area contributed by atoms with Gasteiger partial charge in [-0.15, -0.1) is 24.8 Å². The highest BCUT2D eigenvalue weighted by atomic mass is 35.5. The maximum Gasteiger partial charge on any atom is 0.253 e. The fourth-order valence-corrected chi connectivity index (χ4v) is 3.48. The van der Waals surface area contributed by atoms with Crippen molar-refractivity contribution in [2.45, 2.75) is 25.3 Å². The van der Waals surface area contributed by atoms with E-state index in [9.17, 15) is 9.59 Å². The molecule has 2 aliphatic rings. The Hall–Kier alpha value is -1.37. The molecule has 0 aromatic carbocycles. The fourth-order valence-electron chi connectivity index (χ4n) is 3.48. The predicted octanol–water partition coefficient (Wildman–Crippen LogP) is 1.60. The molecule has 6 nitrogen and oxygen atoms in total. The number of hydrogen-bond acceptors (Lipinski definition) is 4. The average Bonchev–Trinajstić information content (AvgIpc) is 3.15. The summed E-state index contributed by atoms with van der Waals surface area (Å²) in [5.41, 5.74) is 0.640. The molecule has 2 saturated heterocycles. The van der Waals surface area contributed by atoms with E-state index in [2.05, 4.69) is 10.3 Å². The lowest BCUT2D eigenvalue weighted by Gasteiger charge is -2.35. The molecule has 25 heavy (non-hydrogen) atoms. The van der Waals surface area contributed by atoms with Crippen molar-refractivity contribution in [3.05, 3.63) is 30.1 Å². The zero-order valence-corrected chi connectivity index (χ0v) is 16.0. The van der Waals surface area contributed by atoms with Crippen molar-refractivity contribution in [1.29, 1.82) is 0 Å². The van der Waals surface area contributed by atoms with Gasteiger partial charge in [-0.1, -0.05) is 0 Å². The Morgan fingerprint density at radius 1 is 1.24 bits per heavy atom. The molecule has 3 heterocycles. The van der Waals surface area contributed by atoms with Crippen LogP contribution in [0.1, 0.15) is 29.6 Å². The summed E-state index contributed by atoms with van der Waals surface area (Å²) in [6.07, 6.45) is 6.00. The maximum absolute atomic E-state index is 12.7. The first kappa shape index (κ1) is 21.7. The molecule has 0 aliphatic carbocycles. The highest BCUT2D eigenvalue weighted by Crippen LogP contribution is 2.22. The number of nitrogens with zero attached hydrogens (tertiary/aromatic N) is 3. The summed E-state index contributed by atoms with van der Waals surface area (Å²) in [7, 11) is 1.89. The Morgan fingerprint density at radius 3 is 2.60 bits per heavy atom. The number of pyridine rings is 1. The summed E-state index contributed by atoms with van der Waals surface area (Å²) in [4.78, 5) is 32.9. The molecule has 2 atom stereocenters. The normalized spacial score (nSPS) is 22.5. The third-order valence-electron chi connectivity index (χ3n) is 4.91. The van der Waals surface area contributed by atoms with Gasteiger partial charge >= 0.3 is 0 Å². The van der Waals surface area contributed by atoms with Gasteiger partial charge in [0.05, 0.1) is 5.92 Å². The van der Waals surface area contributed by atoms with Gasteiger partial charge in [-0.25, -0.2) is 0 Å². The van der Waals surface area contributed by atoms with E-state index in [-0.39, 0.29) is 48.6 Å². The zero-order valence-electron chi connectivity index (χ0n) is 14.4. The summed E-state index contributed by atoms with van der Waals surface area (Å²) in [6.45, 7) is 3.08. The first-order chi connectivity index (χ1) is 11.2. The number of piperidine rings is 1. The highest BCUT2D eigenvalue weighted by molar-refractivity contribution is 5.94. The van der Waals surface area contributed by atoms with Crippen molar-refractivity contribution in [3.8, 4) is 0 Å². The number of carbonyl (C=O) groups excluding carboxylic acids is 2. The van der Waals surface area contributed by atoms with Crippen LogP contribution in [0.15, 0.2) is 24.5 Å². The number of carbonyl (C=O) groups is 2. The third-order valence-corrected chi connectivity index (χ3v) is 4.91. The van der Waals surface area contributed by atoms with E-state index in [1.165, 1.54) is 0 Å². The van der Waals surface area contributed by atoms with Gasteiger partial charge in [-0.2, -0.15) is 0 Å². The minimum absolute atomic E-state index is 0. The molecular formula is C17H26Cl2N4O2. The van der Waals surface area contributed by atoms with Crippen LogP contribution in [0.2, 0.25) is 0 Å². The van der Waals surface area contributed by atoms with Gasteiger partial charge in [-0.05, 0) is 37.9 Å². The second-order valence-corrected chi connectivity index (χ2v) is 6.42. The number of likely N-dealkylation sites (tertiary alicyclic amines) is 1. The molecule has 2 amide bonds. The SMILES string of the molecule is CN(C(=O)C1CCCN(C(=O)c2ccncc2)C1)C1CCNC1.Cl.Cl. The van der Waals surface area contributed by atoms with Gasteiger partial charge in [0.1, 0.15) is 0 Å². The van der Waals surface area contributed by atoms with Crippen LogP contribution in [0.4, 0.5) is 0 Å². The summed E-state index contributed by atoms with van der Waals surface area (Å²) in [5.74, 6) is 0.0844. The maximum atomic E-state index is 12.7. The van der Waals surface area contributed by atoms with E-state index in [4.69, 9.17) is 0 Å². The van der Waals surface area contributed by atoms with Crippen LogP contribution in [0.5, 0.6) is 0 Å². The quantitative estimate of drug-likeness (QED) is 0.853. The van der Waals surface area contributed by atoms with E-state index in [0.717, 1.165) is 38.9 Å². The van der Waals surface area contributed by atoms with Gasteiger partial charge in [0.2, 0.25) is 5.91 Å². The van der Waals surface area contributed by atoms with Crippen LogP contribution < -0.4 is 5.32 Å². The molecule has 3 rings (SSSR count). The van der Waals surface area contributed by atoms with Crippen molar-refractivity contribution in [1.82, 2.24) is 20.1 Å². The van der Waals surface area contributed by atoms with Crippen molar-refractivity contribution in [2.24, 2.45) is 5.92 Å². The van der Waals surface area contributed by atoms with E-state index in [1.807, 2.05) is 16.8 Å². The first-order valence-corrected chi connectivity index (χ1v) is 8.33. The minimum Gasteiger partial charge on any atom is -0.341 e. The number of aromatic nitrogens is 1. The van der Waals surface area contributed by atoms with Gasteiger partial charge in [0.15, 0.2) is 0 Å². The van der Waals surface area contributed by atoms with E-state index in [0.29, 0.717) is 12.1 Å². The van der Waals surface area contributed by atoms with Crippen LogP contribution in [0, 0.1) is 5.92 Å². The van der Waals surface area contributed by atoms with Crippen molar-refractivity contribution >= 4 is 36.6 Å². The second kappa shape index (κ2) is 9.94. The van der Waals surface area contributed by atoms with Crippen molar-refractivity contribution in [3.63, 3.8) is 0 Å². The minimum atomic E-state index is -0.0832. The van der Waals surface area contributed by atoms with Gasteiger partial charge in [-0.3, -0.25) is 14.6 Å². The molecule has 1 N–H and O–H groups in total. The van der Waals surface area contributed by atoms with Gasteiger partial charge < -0.3 is 15.1 Å². The number of likely N-dealkylation sites (N-methyl/N-ethyl adjacent to an activating group) is 1. The van der Waals surface area contributed by atoms with Crippen LogP contribution in [0.25, 0.3) is 0 Å². The first-order valence-electron chi connectivity index (χ1n) is 8.33. The van der Waals surface area contributed by atoms with Crippen LogP contribution in [-0.2, 0) is 4.79 Å². The lowest BCUT2D eigenvalue weighted by atomic mass is 9.95. The molecule has 0 radical (unpaired) electrons. The Kier molecular flexibility index (Phi) is 8.62. The summed E-state index contributed by atoms with van der Waals surface area (Å²) in [5, 5.41) is 3.30. The molecule has 2 fully saturated rings. The van der Waals surface area contributed by atoms with Crippen molar-refractivity contribution < 1.29 is 9.59 Å². The highest BCUT2D eigenvalue weighted by Gasteiger charge is 2.33. The standard InChI is InChI=1S/C17H24N4O2.2ClH/c1-20(15-6-9-19-11-15)16(22)14-3-2-10-21(12-14)17(23)13-4-7-18-8-5-13;;/h4-5,7-8,14-15,19H,2-3,6,9-12H2,1H3;2*1H. The number of halogens is 2. The Labute approximate surface area is 161 Å². The van der Waals surface area contributed by atoms with Crippen LogP contribution in [0.3, 0.4) is 0 Å². The zero-order chi connectivity index (χ0) is 16.2. The molecule has 0 spiro atoms. The Balaban J connectivity index is 0.00000156. The molecule has 2 unspecified atom stereocenters. The largest absolute Gasteiger partial charge is 0.341 e. The number of amides is 2. The van der Waals surface area contributed by atoms with Crippen molar-refractivity contribution in [2.75, 3.05) is 33.2 Å². The van der Waals surface area contributed by atoms with E-state index < -0.39 is 0 Å². The summed E-state index contributed by atoms with van der Waals surface area (Å²) >= 11 is 0. The molecule has 8 heteroatoms. The van der Waals surface area contributed by atoms with E-state index >= 15 is 0 Å². The average molecular weight is 389 g/mol. The van der Waals surface area contributed by atoms with Crippen LogP contribution >= 0.6 is 24.8 Å². The van der Waals surface area contributed by atoms with E-state index in [1.54, 1.807) is 24.5 Å². The Morgan fingerprint density at radius 2 is 1.96 bits per heavy atom. The lowest BCUT2D eigenvalue weighted by molar-refractivity contribution is -0.137. The topological polar surface area (TPSA) is 65.5 Å². The molecule has 1 aromatic rings. The lowest BCUT2D eigenvalue weighted by Crippen LogP contribution is -2.48. The third kappa shape index (κ3) is 5.06. The molecule has 2 aliphatic heterocycles. The number of nitrogens with one attached hydrogen (secondary N) is 1. The molecule has 140 valence electrons. The molecule has 1 aromatic heterocycles.